The summed E-state index contributed by atoms with van der Waals surface area (Å²) < 4.78 is 11.0. The standard InChI is InChI=1S/C18H19N3O5.ClH/c22-18(11-14-12-25-9-8-19-14)20-13-2-1-3-17(10-13)26-16-6-4-15(5-7-16)21(23)24;/h1-7,10,14,19H,8-9,11-12H2,(H,20,22);1H. The molecule has 0 bridgehead atoms. The molecule has 0 aliphatic carbocycles. The number of nitrogens with one attached hydrogen (secondary N) is 2. The molecule has 9 heteroatoms. The number of hydrogen-bond donors (Lipinski definition) is 2. The molecule has 2 N–H and O–H groups in total. The molecular formula is C18H20ClN3O5. The van der Waals surface area contributed by atoms with Crippen molar-refractivity contribution in [3.63, 3.8) is 0 Å². The minimum absolute atomic E-state index is 0. The lowest BCUT2D eigenvalue weighted by Gasteiger charge is -2.23. The third-order valence-corrected chi connectivity index (χ3v) is 3.83. The molecule has 144 valence electrons. The molecule has 2 aromatic rings. The second kappa shape index (κ2) is 9.86. The number of carbonyl (C=O) groups is 1. The number of ether oxygens (including phenoxy) is 2. The average Bonchev–Trinajstić information content (AvgIpc) is 2.63. The molecule has 1 atom stereocenters. The number of rotatable bonds is 6. The molecule has 1 amide bonds. The highest BCUT2D eigenvalue weighted by molar-refractivity contribution is 5.91. The van der Waals surface area contributed by atoms with E-state index in [9.17, 15) is 14.9 Å². The first-order valence-electron chi connectivity index (χ1n) is 8.23. The summed E-state index contributed by atoms with van der Waals surface area (Å²) in [5, 5.41) is 16.7. The van der Waals surface area contributed by atoms with Gasteiger partial charge in [0.25, 0.3) is 5.69 Å². The Kier molecular flexibility index (Phi) is 7.54. The van der Waals surface area contributed by atoms with E-state index in [2.05, 4.69) is 10.6 Å². The van der Waals surface area contributed by atoms with E-state index < -0.39 is 4.92 Å². The number of benzene rings is 2. The van der Waals surface area contributed by atoms with Gasteiger partial charge >= 0.3 is 0 Å². The van der Waals surface area contributed by atoms with Crippen LogP contribution in [0.5, 0.6) is 11.5 Å². The van der Waals surface area contributed by atoms with Crippen LogP contribution in [0.1, 0.15) is 6.42 Å². The van der Waals surface area contributed by atoms with E-state index in [1.165, 1.54) is 24.3 Å². The molecule has 1 saturated heterocycles. The summed E-state index contributed by atoms with van der Waals surface area (Å²) in [5.74, 6) is 0.888. The lowest BCUT2D eigenvalue weighted by Crippen LogP contribution is -2.43. The number of hydrogen-bond acceptors (Lipinski definition) is 6. The van der Waals surface area contributed by atoms with Gasteiger partial charge in [-0.2, -0.15) is 0 Å². The molecule has 1 aliphatic rings. The number of amides is 1. The van der Waals surface area contributed by atoms with Crippen LogP contribution >= 0.6 is 12.4 Å². The van der Waals surface area contributed by atoms with Crippen molar-refractivity contribution in [1.82, 2.24) is 5.32 Å². The fourth-order valence-corrected chi connectivity index (χ4v) is 2.60. The van der Waals surface area contributed by atoms with Gasteiger partial charge in [0, 0.05) is 42.9 Å². The number of anilines is 1. The Morgan fingerprint density at radius 1 is 1.26 bits per heavy atom. The lowest BCUT2D eigenvalue weighted by molar-refractivity contribution is -0.384. The molecule has 1 unspecified atom stereocenters. The predicted molar refractivity (Wildman–Crippen MR) is 103 cm³/mol. The quantitative estimate of drug-likeness (QED) is 0.577. The normalized spacial score (nSPS) is 16.1. The summed E-state index contributed by atoms with van der Waals surface area (Å²) in [6.45, 7) is 1.94. The smallest absolute Gasteiger partial charge is 0.269 e. The van der Waals surface area contributed by atoms with Gasteiger partial charge in [0.05, 0.1) is 18.1 Å². The maximum absolute atomic E-state index is 12.1. The molecule has 0 radical (unpaired) electrons. The highest BCUT2D eigenvalue weighted by atomic mass is 35.5. The maximum Gasteiger partial charge on any atom is 0.269 e. The van der Waals surface area contributed by atoms with Gasteiger partial charge in [-0.3, -0.25) is 14.9 Å². The topological polar surface area (TPSA) is 103 Å². The van der Waals surface area contributed by atoms with Crippen LogP contribution in [-0.2, 0) is 9.53 Å². The van der Waals surface area contributed by atoms with E-state index in [1.54, 1.807) is 24.3 Å². The summed E-state index contributed by atoms with van der Waals surface area (Å²) in [6.07, 6.45) is 0.327. The Morgan fingerprint density at radius 2 is 2.04 bits per heavy atom. The average molecular weight is 394 g/mol. The van der Waals surface area contributed by atoms with Crippen LogP contribution in [0.3, 0.4) is 0 Å². The third kappa shape index (κ3) is 6.21. The number of non-ortho nitro benzene ring substituents is 1. The summed E-state index contributed by atoms with van der Waals surface area (Å²) >= 11 is 0. The number of nitro benzene ring substituents is 1. The summed E-state index contributed by atoms with van der Waals surface area (Å²) in [6, 6.07) is 12.8. The molecule has 8 nitrogen and oxygen atoms in total. The van der Waals surface area contributed by atoms with Crippen LogP contribution in [0.25, 0.3) is 0 Å². The zero-order chi connectivity index (χ0) is 18.4. The Hall–Kier alpha value is -2.68. The molecule has 1 aliphatic heterocycles. The van der Waals surface area contributed by atoms with Crippen LogP contribution in [0, 0.1) is 10.1 Å². The van der Waals surface area contributed by atoms with Crippen LogP contribution in [0.15, 0.2) is 48.5 Å². The Balaban J connectivity index is 0.00000261. The van der Waals surface area contributed by atoms with E-state index >= 15 is 0 Å². The zero-order valence-corrected chi connectivity index (χ0v) is 15.2. The van der Waals surface area contributed by atoms with Crippen molar-refractivity contribution in [2.75, 3.05) is 25.1 Å². The van der Waals surface area contributed by atoms with Gasteiger partial charge in [0.1, 0.15) is 11.5 Å². The number of morpholine rings is 1. The van der Waals surface area contributed by atoms with Crippen molar-refractivity contribution >= 4 is 29.7 Å². The first kappa shape index (κ1) is 20.6. The van der Waals surface area contributed by atoms with Crippen LogP contribution in [0.2, 0.25) is 0 Å². The Labute approximate surface area is 162 Å². The molecule has 1 heterocycles. The van der Waals surface area contributed by atoms with Crippen molar-refractivity contribution in [1.29, 1.82) is 0 Å². The van der Waals surface area contributed by atoms with Gasteiger partial charge < -0.3 is 20.1 Å². The van der Waals surface area contributed by atoms with Crippen LogP contribution in [0.4, 0.5) is 11.4 Å². The van der Waals surface area contributed by atoms with Gasteiger partial charge in [-0.05, 0) is 24.3 Å². The van der Waals surface area contributed by atoms with Crippen molar-refractivity contribution in [2.24, 2.45) is 0 Å². The molecule has 2 aromatic carbocycles. The van der Waals surface area contributed by atoms with Crippen LogP contribution < -0.4 is 15.4 Å². The Morgan fingerprint density at radius 3 is 2.70 bits per heavy atom. The van der Waals surface area contributed by atoms with Gasteiger partial charge in [-0.25, -0.2) is 0 Å². The summed E-state index contributed by atoms with van der Waals surface area (Å²) in [7, 11) is 0. The van der Waals surface area contributed by atoms with E-state index in [1.807, 2.05) is 0 Å². The van der Waals surface area contributed by atoms with Crippen molar-refractivity contribution in [3.8, 4) is 11.5 Å². The molecule has 0 spiro atoms. The van der Waals surface area contributed by atoms with E-state index in [4.69, 9.17) is 9.47 Å². The number of nitro groups is 1. The lowest BCUT2D eigenvalue weighted by atomic mass is 10.2. The first-order valence-corrected chi connectivity index (χ1v) is 8.23. The zero-order valence-electron chi connectivity index (χ0n) is 14.4. The molecular weight excluding hydrogens is 374 g/mol. The van der Waals surface area contributed by atoms with Gasteiger partial charge in [0.2, 0.25) is 5.91 Å². The predicted octanol–water partition coefficient (Wildman–Crippen LogP) is 3.13. The monoisotopic (exact) mass is 393 g/mol. The SMILES string of the molecule is Cl.O=C(CC1COCCN1)Nc1cccc(Oc2ccc([N+](=O)[O-])cc2)c1. The fraction of sp³-hybridized carbons (Fsp3) is 0.278. The molecule has 27 heavy (non-hydrogen) atoms. The van der Waals surface area contributed by atoms with Gasteiger partial charge in [-0.1, -0.05) is 6.07 Å². The number of halogens is 1. The highest BCUT2D eigenvalue weighted by Crippen LogP contribution is 2.26. The minimum atomic E-state index is -0.466. The summed E-state index contributed by atoms with van der Waals surface area (Å²) in [4.78, 5) is 22.3. The number of nitrogens with zero attached hydrogens (tertiary/aromatic N) is 1. The second-order valence-corrected chi connectivity index (χ2v) is 5.86. The Bertz CT molecular complexity index is 779. The van der Waals surface area contributed by atoms with E-state index in [-0.39, 0.29) is 30.0 Å². The maximum atomic E-state index is 12.1. The van der Waals surface area contributed by atoms with Crippen molar-refractivity contribution in [3.05, 3.63) is 58.6 Å². The van der Waals surface area contributed by atoms with Crippen molar-refractivity contribution < 1.29 is 19.2 Å². The highest BCUT2D eigenvalue weighted by Gasteiger charge is 2.17. The van der Waals surface area contributed by atoms with E-state index in [0.29, 0.717) is 36.8 Å². The summed E-state index contributed by atoms with van der Waals surface area (Å²) in [5.41, 5.74) is 0.616. The molecule has 3 rings (SSSR count). The molecule has 1 fully saturated rings. The van der Waals surface area contributed by atoms with Crippen molar-refractivity contribution in [2.45, 2.75) is 12.5 Å². The van der Waals surface area contributed by atoms with Gasteiger partial charge in [-0.15, -0.1) is 12.4 Å². The third-order valence-electron chi connectivity index (χ3n) is 3.83. The number of carbonyl (C=O) groups excluding carboxylic acids is 1. The van der Waals surface area contributed by atoms with E-state index in [0.717, 1.165) is 6.54 Å². The second-order valence-electron chi connectivity index (χ2n) is 5.86. The minimum Gasteiger partial charge on any atom is -0.457 e. The first-order chi connectivity index (χ1) is 12.6. The fourth-order valence-electron chi connectivity index (χ4n) is 2.60. The molecule has 0 aromatic heterocycles. The largest absolute Gasteiger partial charge is 0.457 e. The molecule has 0 saturated carbocycles. The van der Waals surface area contributed by atoms with Gasteiger partial charge in [0.15, 0.2) is 0 Å². The van der Waals surface area contributed by atoms with Crippen LogP contribution in [-0.4, -0.2) is 36.6 Å².